The minimum atomic E-state index is -2.38. The molecule has 0 spiro atoms. The Bertz CT molecular complexity index is 2590. The Morgan fingerprint density at radius 3 is 1.34 bits per heavy atom. The first kappa shape index (κ1) is 46.1. The summed E-state index contributed by atoms with van der Waals surface area (Å²) in [6.45, 7) is 9.23. The van der Waals surface area contributed by atoms with Crippen LogP contribution in [0.5, 0.6) is 28.7 Å². The van der Waals surface area contributed by atoms with Crippen molar-refractivity contribution in [1.29, 1.82) is 0 Å². The first-order valence-electron chi connectivity index (χ1n) is 22.2. The van der Waals surface area contributed by atoms with Crippen LogP contribution in [0.2, 0.25) is 0 Å². The van der Waals surface area contributed by atoms with E-state index < -0.39 is 42.4 Å². The molecule has 0 radical (unpaired) electrons. The number of benzene rings is 5. The smallest absolute Gasteiger partial charge is 0.408 e. The summed E-state index contributed by atoms with van der Waals surface area (Å²) in [5.74, 6) is 1.71. The van der Waals surface area contributed by atoms with Crippen LogP contribution in [-0.4, -0.2) is 64.9 Å². The maximum absolute atomic E-state index is 15.3. The van der Waals surface area contributed by atoms with Crippen molar-refractivity contribution in [2.75, 3.05) is 52.9 Å². The molecule has 5 aromatic rings. The molecule has 0 amide bonds. The molecule has 1 atom stereocenters. The first-order chi connectivity index (χ1) is 33.5. The lowest BCUT2D eigenvalue weighted by atomic mass is 9.84. The van der Waals surface area contributed by atoms with Gasteiger partial charge < -0.3 is 65.0 Å². The van der Waals surface area contributed by atoms with Crippen molar-refractivity contribution in [2.24, 2.45) is 0 Å². The van der Waals surface area contributed by atoms with E-state index in [0.717, 1.165) is 11.1 Å². The molecule has 0 N–H and O–H groups in total. The van der Waals surface area contributed by atoms with Gasteiger partial charge in [0.2, 0.25) is 5.78 Å². The summed E-state index contributed by atoms with van der Waals surface area (Å²) < 4.78 is 87.0. The van der Waals surface area contributed by atoms with Gasteiger partial charge in [0.1, 0.15) is 34.5 Å². The number of hydrogen-bond donors (Lipinski definition) is 0. The molecule has 1 aliphatic carbocycles. The van der Waals surface area contributed by atoms with Crippen LogP contribution in [0.4, 0.5) is 0 Å². The molecular weight excluding hydrogens is 914 g/mol. The fourth-order valence-electron chi connectivity index (χ4n) is 8.15. The molecule has 17 heteroatoms. The number of rotatable bonds is 18. The van der Waals surface area contributed by atoms with Gasteiger partial charge >= 0.3 is 17.2 Å². The number of hydrogen-bond acceptors (Lipinski definition) is 15. The van der Waals surface area contributed by atoms with Crippen molar-refractivity contribution in [3.63, 3.8) is 0 Å². The SMILES string of the molecule is C=C/C=C(OP(Oc1ccccc1C1OCCO1)Oc1cccc2c1C(=O)c1c(cccc1OP(Oc1ccccc1C1OCCO1)Oc1ccccc1C1OCCO1)C2)\C(=C/C)C1OCCO1. The van der Waals surface area contributed by atoms with Crippen LogP contribution in [0.15, 0.2) is 145 Å². The summed E-state index contributed by atoms with van der Waals surface area (Å²) in [5, 5.41) is 0. The van der Waals surface area contributed by atoms with Crippen molar-refractivity contribution in [2.45, 2.75) is 38.5 Å². The highest BCUT2D eigenvalue weighted by atomic mass is 31.2. The molecule has 352 valence electrons. The van der Waals surface area contributed by atoms with E-state index in [2.05, 4.69) is 6.58 Å². The van der Waals surface area contributed by atoms with Crippen LogP contribution in [0.1, 0.15) is 69.5 Å². The minimum Gasteiger partial charge on any atom is -0.408 e. The molecule has 4 aliphatic heterocycles. The molecule has 4 fully saturated rings. The van der Waals surface area contributed by atoms with Crippen molar-refractivity contribution < 1.29 is 69.8 Å². The average Bonchev–Trinajstić information content (AvgIpc) is 4.23. The molecule has 0 saturated carbocycles. The quantitative estimate of drug-likeness (QED) is 0.0457. The molecule has 0 bridgehead atoms. The Morgan fingerprint density at radius 1 is 0.515 bits per heavy atom. The second-order valence-electron chi connectivity index (χ2n) is 15.5. The predicted molar refractivity (Wildman–Crippen MR) is 248 cm³/mol. The third kappa shape index (κ3) is 10.2. The van der Waals surface area contributed by atoms with Gasteiger partial charge in [0.15, 0.2) is 25.2 Å². The second kappa shape index (κ2) is 21.7. The number of ketones is 1. The van der Waals surface area contributed by atoms with Gasteiger partial charge in [-0.3, -0.25) is 4.79 Å². The van der Waals surface area contributed by atoms with E-state index in [-0.39, 0.29) is 17.3 Å². The summed E-state index contributed by atoms with van der Waals surface area (Å²) in [4.78, 5) is 15.3. The van der Waals surface area contributed by atoms with Crippen molar-refractivity contribution in [1.82, 2.24) is 0 Å². The highest BCUT2D eigenvalue weighted by molar-refractivity contribution is 7.43. The van der Waals surface area contributed by atoms with E-state index in [1.807, 2.05) is 91.9 Å². The van der Waals surface area contributed by atoms with Crippen molar-refractivity contribution in [3.05, 3.63) is 184 Å². The van der Waals surface area contributed by atoms with Crippen LogP contribution < -0.4 is 22.6 Å². The normalized spacial score (nSPS) is 18.6. The average molecular weight is 963 g/mol. The van der Waals surface area contributed by atoms with Gasteiger partial charge in [-0.05, 0) is 60.9 Å². The number of carbonyl (C=O) groups is 1. The molecule has 15 nitrogen and oxygen atoms in total. The molecule has 4 saturated heterocycles. The van der Waals surface area contributed by atoms with Gasteiger partial charge in [-0.1, -0.05) is 97.6 Å². The van der Waals surface area contributed by atoms with Gasteiger partial charge in [-0.2, -0.15) is 0 Å². The topological polar surface area (TPSA) is 146 Å². The number of para-hydroxylation sites is 3. The monoisotopic (exact) mass is 962 g/mol. The highest BCUT2D eigenvalue weighted by Gasteiger charge is 2.37. The summed E-state index contributed by atoms with van der Waals surface area (Å²) in [7, 11) is -4.72. The lowest BCUT2D eigenvalue weighted by Crippen LogP contribution is -2.19. The largest absolute Gasteiger partial charge is 0.530 e. The maximum atomic E-state index is 15.3. The third-order valence-corrected chi connectivity index (χ3v) is 13.3. The Hall–Kier alpha value is -5.67. The number of carbonyl (C=O) groups excluding carboxylic acids is 1. The number of allylic oxidation sites excluding steroid dienone is 3. The van der Waals surface area contributed by atoms with Crippen LogP contribution >= 0.6 is 17.2 Å². The summed E-state index contributed by atoms with van der Waals surface area (Å²) in [6, 6.07) is 33.0. The van der Waals surface area contributed by atoms with E-state index in [1.165, 1.54) is 0 Å². The minimum absolute atomic E-state index is 0.226. The van der Waals surface area contributed by atoms with Gasteiger partial charge in [0, 0.05) is 5.57 Å². The molecule has 0 aromatic heterocycles. The van der Waals surface area contributed by atoms with Crippen LogP contribution in [0.3, 0.4) is 0 Å². The molecule has 4 heterocycles. The number of fused-ring (bicyclic) bond motifs is 2. The fourth-order valence-corrected chi connectivity index (χ4v) is 10.3. The van der Waals surface area contributed by atoms with E-state index >= 15 is 4.79 Å². The van der Waals surface area contributed by atoms with E-state index in [4.69, 9.17) is 65.0 Å². The molecule has 1 unspecified atom stereocenters. The zero-order chi connectivity index (χ0) is 46.2. The lowest BCUT2D eigenvalue weighted by molar-refractivity contribution is -0.0454. The molecule has 10 rings (SSSR count). The van der Waals surface area contributed by atoms with Crippen LogP contribution in [-0.2, 0) is 48.8 Å². The zero-order valence-corrected chi connectivity index (χ0v) is 38.8. The summed E-state index contributed by atoms with van der Waals surface area (Å²) in [6.07, 6.45) is 2.85. The van der Waals surface area contributed by atoms with Crippen molar-refractivity contribution in [3.8, 4) is 28.7 Å². The Labute approximate surface area is 395 Å². The molecule has 68 heavy (non-hydrogen) atoms. The first-order valence-corrected chi connectivity index (χ1v) is 24.4. The highest BCUT2D eigenvalue weighted by Crippen LogP contribution is 2.52. The van der Waals surface area contributed by atoms with Gasteiger partial charge in [0.05, 0.1) is 80.7 Å². The second-order valence-corrected chi connectivity index (χ2v) is 17.5. The molecule has 5 aromatic carbocycles. The van der Waals surface area contributed by atoms with Crippen LogP contribution in [0, 0.1) is 0 Å². The fraction of sp³-hybridized carbons (Fsp3) is 0.275. The molecule has 5 aliphatic rings. The summed E-state index contributed by atoms with van der Waals surface area (Å²) >= 11 is 0. The Kier molecular flexibility index (Phi) is 14.7. The van der Waals surface area contributed by atoms with E-state index in [9.17, 15) is 0 Å². The maximum Gasteiger partial charge on any atom is 0.530 e. The van der Waals surface area contributed by atoms with E-state index in [0.29, 0.717) is 116 Å². The predicted octanol–water partition coefficient (Wildman–Crippen LogP) is 10.8. The zero-order valence-electron chi connectivity index (χ0n) is 37.0. The Morgan fingerprint density at radius 2 is 0.897 bits per heavy atom. The van der Waals surface area contributed by atoms with Gasteiger partial charge in [0.25, 0.3) is 0 Å². The van der Waals surface area contributed by atoms with Gasteiger partial charge in [-0.15, -0.1) is 0 Å². The van der Waals surface area contributed by atoms with Gasteiger partial charge in [-0.25, -0.2) is 0 Å². The standard InChI is InChI=1S/C51H48O15P2/c1-3-13-39(35(4-2)48-53-24-25-54-48)61-67(62-40-19-8-5-16-36(40)49-55-26-27-56-49)65-43-22-11-14-33-32-34-15-12-23-44(46(34)47(52)45(33)43)66-68(63-41-20-9-6-17-37(41)50-57-28-29-58-50)64-42-21-10-7-18-38(42)51-59-30-31-60-51/h3-23,48-51H,1,24-32H2,2H3/b35-4+,39-13+. The lowest BCUT2D eigenvalue weighted by Gasteiger charge is -2.27. The van der Waals surface area contributed by atoms with E-state index in [1.54, 1.807) is 42.5 Å². The van der Waals surface area contributed by atoms with Crippen LogP contribution in [0.25, 0.3) is 0 Å². The van der Waals surface area contributed by atoms with Crippen molar-refractivity contribution >= 4 is 23.0 Å². The summed E-state index contributed by atoms with van der Waals surface area (Å²) in [5.41, 5.74) is 4.66. The Balaban J connectivity index is 0.992. The molecular formula is C51H48O15P2. The third-order valence-electron chi connectivity index (χ3n) is 11.2. The number of ether oxygens (including phenoxy) is 8.